The van der Waals surface area contributed by atoms with Crippen LogP contribution in [0.5, 0.6) is 5.75 Å². The summed E-state index contributed by atoms with van der Waals surface area (Å²) < 4.78 is 6.03. The Morgan fingerprint density at radius 2 is 1.96 bits per heavy atom. The summed E-state index contributed by atoms with van der Waals surface area (Å²) in [4.78, 5) is 14.9. The highest BCUT2D eigenvalue weighted by Gasteiger charge is 2.24. The van der Waals surface area contributed by atoms with Gasteiger partial charge in [-0.05, 0) is 88.3 Å². The van der Waals surface area contributed by atoms with Crippen molar-refractivity contribution in [3.8, 4) is 5.75 Å². The van der Waals surface area contributed by atoms with E-state index in [1.54, 1.807) is 0 Å². The fraction of sp³-hybridized carbons (Fsp3) is 0.650. The number of nitrogens with zero attached hydrogens (tertiary/aromatic N) is 1. The Hall–Kier alpha value is -1.55. The zero-order chi connectivity index (χ0) is 16.9. The van der Waals surface area contributed by atoms with Crippen molar-refractivity contribution in [3.63, 3.8) is 0 Å². The van der Waals surface area contributed by atoms with Gasteiger partial charge in [-0.2, -0.15) is 0 Å². The van der Waals surface area contributed by atoms with Crippen molar-refractivity contribution in [1.82, 2.24) is 10.2 Å². The van der Waals surface area contributed by atoms with Crippen molar-refractivity contribution in [1.29, 1.82) is 0 Å². The molecule has 1 saturated heterocycles. The van der Waals surface area contributed by atoms with Crippen LogP contribution in [0.1, 0.15) is 50.2 Å². The van der Waals surface area contributed by atoms with Crippen LogP contribution in [0.4, 0.5) is 0 Å². The maximum absolute atomic E-state index is 12.6. The second kappa shape index (κ2) is 8.02. The highest BCUT2D eigenvalue weighted by Crippen LogP contribution is 2.26. The number of nitrogens with one attached hydrogen (secondary N) is 1. The molecule has 1 aliphatic carbocycles. The van der Waals surface area contributed by atoms with E-state index >= 15 is 0 Å². The summed E-state index contributed by atoms with van der Waals surface area (Å²) in [5.74, 6) is 0.866. The van der Waals surface area contributed by atoms with Gasteiger partial charge in [-0.15, -0.1) is 0 Å². The number of rotatable bonds is 5. The van der Waals surface area contributed by atoms with E-state index in [0.717, 1.165) is 38.1 Å². The number of likely N-dealkylation sites (tertiary alicyclic amines) is 1. The van der Waals surface area contributed by atoms with Crippen molar-refractivity contribution in [2.24, 2.45) is 0 Å². The zero-order valence-corrected chi connectivity index (χ0v) is 15.0. The molecule has 0 saturated carbocycles. The van der Waals surface area contributed by atoms with Gasteiger partial charge in [0, 0.05) is 6.04 Å². The minimum Gasteiger partial charge on any atom is -0.481 e. The fourth-order valence-corrected chi connectivity index (χ4v) is 3.72. The Balaban J connectivity index is 1.58. The predicted molar refractivity (Wildman–Crippen MR) is 96.5 cm³/mol. The average Bonchev–Trinajstić information content (AvgIpc) is 2.61. The zero-order valence-electron chi connectivity index (χ0n) is 15.0. The van der Waals surface area contributed by atoms with Crippen LogP contribution in [-0.2, 0) is 17.6 Å². The van der Waals surface area contributed by atoms with Crippen LogP contribution in [0.15, 0.2) is 18.2 Å². The molecule has 132 valence electrons. The third kappa shape index (κ3) is 4.29. The monoisotopic (exact) mass is 330 g/mol. The summed E-state index contributed by atoms with van der Waals surface area (Å²) in [6.45, 7) is 4.11. The first-order valence-corrected chi connectivity index (χ1v) is 9.43. The Morgan fingerprint density at radius 3 is 2.67 bits per heavy atom. The Labute approximate surface area is 145 Å². The molecule has 24 heavy (non-hydrogen) atoms. The van der Waals surface area contributed by atoms with E-state index in [1.165, 1.54) is 30.4 Å². The van der Waals surface area contributed by atoms with E-state index in [4.69, 9.17) is 4.74 Å². The first kappa shape index (κ1) is 17.3. The molecule has 3 rings (SSSR count). The molecule has 1 atom stereocenters. The minimum atomic E-state index is -0.397. The lowest BCUT2D eigenvalue weighted by Gasteiger charge is -2.30. The number of aryl methyl sites for hydroxylation is 2. The molecule has 1 fully saturated rings. The summed E-state index contributed by atoms with van der Waals surface area (Å²) in [7, 11) is 2.13. The molecule has 1 aliphatic heterocycles. The molecule has 1 aromatic carbocycles. The maximum Gasteiger partial charge on any atom is 0.261 e. The Morgan fingerprint density at radius 1 is 1.25 bits per heavy atom. The number of benzene rings is 1. The van der Waals surface area contributed by atoms with Crippen molar-refractivity contribution in [2.75, 3.05) is 20.1 Å². The van der Waals surface area contributed by atoms with Gasteiger partial charge >= 0.3 is 0 Å². The van der Waals surface area contributed by atoms with Crippen LogP contribution < -0.4 is 10.1 Å². The van der Waals surface area contributed by atoms with E-state index in [1.807, 2.05) is 13.0 Å². The second-order valence-electron chi connectivity index (χ2n) is 7.24. The van der Waals surface area contributed by atoms with Gasteiger partial charge in [-0.25, -0.2) is 0 Å². The molecule has 2 aliphatic rings. The van der Waals surface area contributed by atoms with Gasteiger partial charge in [0.15, 0.2) is 6.10 Å². The molecule has 1 N–H and O–H groups in total. The number of ether oxygens (including phenoxy) is 1. The topological polar surface area (TPSA) is 41.6 Å². The lowest BCUT2D eigenvalue weighted by Crippen LogP contribution is -2.47. The molecular weight excluding hydrogens is 300 g/mol. The highest BCUT2D eigenvalue weighted by atomic mass is 16.5. The molecule has 4 nitrogen and oxygen atoms in total. The van der Waals surface area contributed by atoms with Crippen LogP contribution >= 0.6 is 0 Å². The molecule has 1 aromatic rings. The molecule has 1 amide bonds. The number of carbonyl (C=O) groups is 1. The van der Waals surface area contributed by atoms with E-state index in [0.29, 0.717) is 6.42 Å². The number of fused-ring (bicyclic) bond motifs is 1. The van der Waals surface area contributed by atoms with Crippen LogP contribution in [0.3, 0.4) is 0 Å². The lowest BCUT2D eigenvalue weighted by molar-refractivity contribution is -0.129. The third-order valence-electron chi connectivity index (χ3n) is 5.33. The summed E-state index contributed by atoms with van der Waals surface area (Å²) in [6, 6.07) is 6.62. The van der Waals surface area contributed by atoms with Gasteiger partial charge < -0.3 is 15.0 Å². The number of hydrogen-bond donors (Lipinski definition) is 1. The quantitative estimate of drug-likeness (QED) is 0.902. The second-order valence-corrected chi connectivity index (χ2v) is 7.24. The molecule has 0 aromatic heterocycles. The van der Waals surface area contributed by atoms with Gasteiger partial charge in [0.1, 0.15) is 5.75 Å². The van der Waals surface area contributed by atoms with Gasteiger partial charge in [-0.1, -0.05) is 13.0 Å². The van der Waals surface area contributed by atoms with Gasteiger partial charge in [0.05, 0.1) is 0 Å². The van der Waals surface area contributed by atoms with E-state index < -0.39 is 6.10 Å². The van der Waals surface area contributed by atoms with Crippen LogP contribution in [0.25, 0.3) is 0 Å². The number of piperidine rings is 1. The van der Waals surface area contributed by atoms with Crippen LogP contribution in [0.2, 0.25) is 0 Å². The molecule has 0 bridgehead atoms. The Bertz CT molecular complexity index is 565. The highest BCUT2D eigenvalue weighted by molar-refractivity contribution is 5.81. The minimum absolute atomic E-state index is 0.0322. The smallest absolute Gasteiger partial charge is 0.261 e. The summed E-state index contributed by atoms with van der Waals surface area (Å²) in [5, 5.41) is 3.18. The van der Waals surface area contributed by atoms with Crippen molar-refractivity contribution >= 4 is 5.91 Å². The van der Waals surface area contributed by atoms with Crippen LogP contribution in [0, 0.1) is 0 Å². The van der Waals surface area contributed by atoms with Gasteiger partial charge in [-0.3, -0.25) is 4.79 Å². The fourth-order valence-electron chi connectivity index (χ4n) is 3.72. The van der Waals surface area contributed by atoms with E-state index in [2.05, 4.69) is 29.4 Å². The van der Waals surface area contributed by atoms with Crippen LogP contribution in [-0.4, -0.2) is 43.1 Å². The largest absolute Gasteiger partial charge is 0.481 e. The maximum atomic E-state index is 12.6. The standard InChI is InChI=1S/C20H30N2O2/c1-3-19(20(23)21-17-10-12-22(2)13-11-17)24-18-9-8-15-6-4-5-7-16(15)14-18/h8-9,14,17,19H,3-7,10-13H2,1-2H3,(H,21,23). The number of carbonyl (C=O) groups excluding carboxylic acids is 1. The van der Waals surface area contributed by atoms with Gasteiger partial charge in [0.25, 0.3) is 5.91 Å². The molecule has 1 heterocycles. The molecule has 0 radical (unpaired) electrons. The Kier molecular flexibility index (Phi) is 5.77. The molecule has 1 unspecified atom stereocenters. The van der Waals surface area contributed by atoms with Crippen molar-refractivity contribution in [3.05, 3.63) is 29.3 Å². The van der Waals surface area contributed by atoms with E-state index in [-0.39, 0.29) is 11.9 Å². The van der Waals surface area contributed by atoms with Crippen molar-refractivity contribution < 1.29 is 9.53 Å². The summed E-state index contributed by atoms with van der Waals surface area (Å²) in [6.07, 6.45) is 7.18. The lowest BCUT2D eigenvalue weighted by atomic mass is 9.92. The third-order valence-corrected chi connectivity index (χ3v) is 5.33. The molecular formula is C20H30N2O2. The number of amides is 1. The van der Waals surface area contributed by atoms with Crippen molar-refractivity contribution in [2.45, 2.75) is 64.0 Å². The van der Waals surface area contributed by atoms with Gasteiger partial charge in [0.2, 0.25) is 0 Å². The molecule has 4 heteroatoms. The normalized spacial score (nSPS) is 20.2. The summed E-state index contributed by atoms with van der Waals surface area (Å²) >= 11 is 0. The first-order valence-electron chi connectivity index (χ1n) is 9.43. The first-order chi connectivity index (χ1) is 11.7. The predicted octanol–water partition coefficient (Wildman–Crippen LogP) is 2.93. The average molecular weight is 330 g/mol. The van der Waals surface area contributed by atoms with E-state index in [9.17, 15) is 4.79 Å². The summed E-state index contributed by atoms with van der Waals surface area (Å²) in [5.41, 5.74) is 2.83. The SMILES string of the molecule is CCC(Oc1ccc2c(c1)CCCC2)C(=O)NC1CCN(C)CC1. The molecule has 0 spiro atoms. The number of hydrogen-bond acceptors (Lipinski definition) is 3.